The highest BCUT2D eigenvalue weighted by Crippen LogP contribution is 2.40. The average Bonchev–Trinajstić information content (AvgIpc) is 3.38. The number of fused-ring (bicyclic) bond motifs is 1. The van der Waals surface area contributed by atoms with Gasteiger partial charge in [0.1, 0.15) is 29.3 Å². The highest BCUT2D eigenvalue weighted by atomic mass is 79.9. The van der Waals surface area contributed by atoms with Gasteiger partial charge in [-0.25, -0.2) is 29.0 Å². The van der Waals surface area contributed by atoms with Crippen LogP contribution < -0.4 is 5.73 Å². The Hall–Kier alpha value is -3.87. The molecule has 5 aromatic rings. The normalized spacial score (nSPS) is 11.9. The number of anilines is 1. The fourth-order valence-corrected chi connectivity index (χ4v) is 4.29. The molecule has 0 aliphatic heterocycles. The van der Waals surface area contributed by atoms with E-state index in [2.05, 4.69) is 41.0 Å². The monoisotopic (exact) mass is 532 g/mol. The van der Waals surface area contributed by atoms with Crippen LogP contribution in [0.1, 0.15) is 11.4 Å². The summed E-state index contributed by atoms with van der Waals surface area (Å²) in [6.07, 6.45) is 2.02. The molecule has 5 rings (SSSR count). The first-order valence-electron chi connectivity index (χ1n) is 9.70. The van der Waals surface area contributed by atoms with Gasteiger partial charge in [0.05, 0.1) is 22.7 Å². The molecule has 1 aromatic carbocycles. The van der Waals surface area contributed by atoms with Gasteiger partial charge < -0.3 is 10.3 Å². The van der Waals surface area contributed by atoms with E-state index in [0.29, 0.717) is 38.0 Å². The number of para-hydroxylation sites is 1. The fraction of sp³-hybridized carbons (Fsp3) is 0.0952. The summed E-state index contributed by atoms with van der Waals surface area (Å²) in [6, 6.07) is 6.23. The topological polar surface area (TPSA) is 100 Å². The van der Waals surface area contributed by atoms with Gasteiger partial charge in [0.2, 0.25) is 5.82 Å². The van der Waals surface area contributed by atoms with Crippen LogP contribution in [0.4, 0.5) is 23.4 Å². The minimum absolute atomic E-state index is 0.140. The molecule has 0 bridgehead atoms. The second-order valence-electron chi connectivity index (χ2n) is 7.25. The SMILES string of the molecule is Nc1ncnc2c1c(-c1cnc(C(F)(F)F)nc1)c(Br)n2Cc1cnn(-c2ccccc2F)c1. The summed E-state index contributed by atoms with van der Waals surface area (Å²) in [7, 11) is 0. The minimum Gasteiger partial charge on any atom is -0.383 e. The molecule has 4 heterocycles. The van der Waals surface area contributed by atoms with Crippen molar-refractivity contribution in [1.29, 1.82) is 0 Å². The van der Waals surface area contributed by atoms with Crippen LogP contribution in [-0.2, 0) is 12.7 Å². The van der Waals surface area contributed by atoms with E-state index in [1.807, 2.05) is 0 Å². The van der Waals surface area contributed by atoms with E-state index in [1.165, 1.54) is 17.1 Å². The maximum absolute atomic E-state index is 14.1. The molecular formula is C21H13BrF4N8. The van der Waals surface area contributed by atoms with Crippen molar-refractivity contribution in [3.8, 4) is 16.8 Å². The lowest BCUT2D eigenvalue weighted by atomic mass is 10.1. The molecule has 0 saturated carbocycles. The Kier molecular flexibility index (Phi) is 5.27. The van der Waals surface area contributed by atoms with Crippen molar-refractivity contribution in [2.24, 2.45) is 0 Å². The van der Waals surface area contributed by atoms with E-state index >= 15 is 0 Å². The Morgan fingerprint density at radius 3 is 2.44 bits per heavy atom. The summed E-state index contributed by atoms with van der Waals surface area (Å²) in [6.45, 7) is 0.253. The standard InChI is InChI=1S/C21H13BrF4N8/c22-17-15(12-6-28-20(29-7-12)21(24,25)26)16-18(27)30-10-31-19(16)33(17)8-11-5-32-34(9-11)14-4-2-1-3-13(14)23/h1-7,9-10H,8H2,(H2,27,30,31). The maximum atomic E-state index is 14.1. The van der Waals surface area contributed by atoms with Gasteiger partial charge in [-0.1, -0.05) is 12.1 Å². The average molecular weight is 533 g/mol. The molecule has 34 heavy (non-hydrogen) atoms. The second kappa shape index (κ2) is 8.17. The van der Waals surface area contributed by atoms with Crippen molar-refractivity contribution < 1.29 is 17.6 Å². The summed E-state index contributed by atoms with van der Waals surface area (Å²) in [5.41, 5.74) is 8.29. The number of hydrogen-bond donors (Lipinski definition) is 1. The lowest BCUT2D eigenvalue weighted by molar-refractivity contribution is -0.144. The van der Waals surface area contributed by atoms with Gasteiger partial charge in [-0.05, 0) is 28.1 Å². The number of rotatable bonds is 4. The number of nitrogens with two attached hydrogens (primary N) is 1. The molecular weight excluding hydrogens is 520 g/mol. The van der Waals surface area contributed by atoms with Crippen LogP contribution in [0.25, 0.3) is 27.8 Å². The molecule has 0 saturated heterocycles. The quantitative estimate of drug-likeness (QED) is 0.339. The van der Waals surface area contributed by atoms with Crippen LogP contribution in [0.5, 0.6) is 0 Å². The van der Waals surface area contributed by atoms with Gasteiger partial charge in [0, 0.05) is 35.3 Å². The molecule has 0 unspecified atom stereocenters. The summed E-state index contributed by atoms with van der Waals surface area (Å²) in [4.78, 5) is 15.2. The van der Waals surface area contributed by atoms with Gasteiger partial charge in [0.15, 0.2) is 0 Å². The number of nitrogen functional groups attached to an aromatic ring is 1. The van der Waals surface area contributed by atoms with E-state index in [9.17, 15) is 17.6 Å². The highest BCUT2D eigenvalue weighted by Gasteiger charge is 2.34. The van der Waals surface area contributed by atoms with Crippen LogP contribution >= 0.6 is 15.9 Å². The molecule has 172 valence electrons. The van der Waals surface area contributed by atoms with Crippen molar-refractivity contribution in [2.45, 2.75) is 12.7 Å². The molecule has 0 radical (unpaired) electrons. The van der Waals surface area contributed by atoms with Crippen LogP contribution in [0.2, 0.25) is 0 Å². The van der Waals surface area contributed by atoms with E-state index in [-0.39, 0.29) is 12.4 Å². The Morgan fingerprint density at radius 2 is 1.74 bits per heavy atom. The van der Waals surface area contributed by atoms with Gasteiger partial charge in [-0.15, -0.1) is 0 Å². The smallest absolute Gasteiger partial charge is 0.383 e. The van der Waals surface area contributed by atoms with E-state index < -0.39 is 17.8 Å². The number of nitrogens with zero attached hydrogens (tertiary/aromatic N) is 7. The molecule has 0 aliphatic carbocycles. The molecule has 8 nitrogen and oxygen atoms in total. The van der Waals surface area contributed by atoms with Crippen molar-refractivity contribution >= 4 is 32.8 Å². The Morgan fingerprint density at radius 1 is 1.00 bits per heavy atom. The third-order valence-corrected chi connectivity index (χ3v) is 5.90. The van der Waals surface area contributed by atoms with Crippen molar-refractivity contribution in [1.82, 2.24) is 34.3 Å². The first-order valence-corrected chi connectivity index (χ1v) is 10.5. The Balaban J connectivity index is 1.59. The molecule has 0 fully saturated rings. The maximum Gasteiger partial charge on any atom is 0.451 e. The number of benzene rings is 1. The van der Waals surface area contributed by atoms with Crippen molar-refractivity contribution in [2.75, 3.05) is 5.73 Å². The summed E-state index contributed by atoms with van der Waals surface area (Å²) >= 11 is 3.52. The molecule has 2 N–H and O–H groups in total. The molecule has 0 aliphatic rings. The van der Waals surface area contributed by atoms with Gasteiger partial charge in [-0.2, -0.15) is 18.3 Å². The van der Waals surface area contributed by atoms with Crippen molar-refractivity contribution in [3.05, 3.63) is 77.2 Å². The molecule has 0 spiro atoms. The lowest BCUT2D eigenvalue weighted by Crippen LogP contribution is -2.10. The summed E-state index contributed by atoms with van der Waals surface area (Å²) in [5.74, 6) is -1.53. The molecule has 0 amide bonds. The van der Waals surface area contributed by atoms with Gasteiger partial charge >= 0.3 is 6.18 Å². The van der Waals surface area contributed by atoms with Gasteiger partial charge in [0.25, 0.3) is 0 Å². The van der Waals surface area contributed by atoms with E-state index in [0.717, 1.165) is 12.4 Å². The predicted molar refractivity (Wildman–Crippen MR) is 118 cm³/mol. The highest BCUT2D eigenvalue weighted by molar-refractivity contribution is 9.10. The van der Waals surface area contributed by atoms with Crippen LogP contribution in [0, 0.1) is 5.82 Å². The molecule has 0 atom stereocenters. The predicted octanol–water partition coefficient (Wildman–Crippen LogP) is 4.62. The zero-order valence-electron chi connectivity index (χ0n) is 17.0. The number of alkyl halides is 3. The van der Waals surface area contributed by atoms with Crippen LogP contribution in [0.3, 0.4) is 0 Å². The zero-order chi connectivity index (χ0) is 24.0. The molecule has 13 heteroatoms. The number of halogens is 5. The fourth-order valence-electron chi connectivity index (χ4n) is 3.57. The number of aromatic nitrogens is 7. The minimum atomic E-state index is -4.66. The largest absolute Gasteiger partial charge is 0.451 e. The lowest BCUT2D eigenvalue weighted by Gasteiger charge is -2.07. The van der Waals surface area contributed by atoms with Gasteiger partial charge in [-0.3, -0.25) is 0 Å². The van der Waals surface area contributed by atoms with E-state index in [1.54, 1.807) is 35.2 Å². The third kappa shape index (κ3) is 3.77. The first-order chi connectivity index (χ1) is 16.2. The second-order valence-corrected chi connectivity index (χ2v) is 8.00. The first kappa shape index (κ1) is 21.9. The Labute approximate surface area is 197 Å². The third-order valence-electron chi connectivity index (χ3n) is 5.08. The summed E-state index contributed by atoms with van der Waals surface area (Å²) < 4.78 is 56.5. The van der Waals surface area contributed by atoms with Crippen LogP contribution in [0.15, 0.2) is 60.0 Å². The van der Waals surface area contributed by atoms with E-state index in [4.69, 9.17) is 5.73 Å². The zero-order valence-corrected chi connectivity index (χ0v) is 18.6. The van der Waals surface area contributed by atoms with Crippen molar-refractivity contribution in [3.63, 3.8) is 0 Å². The molecule has 4 aromatic heterocycles. The Bertz CT molecular complexity index is 1510. The van der Waals surface area contributed by atoms with Crippen LogP contribution in [-0.4, -0.2) is 34.3 Å². The summed E-state index contributed by atoms with van der Waals surface area (Å²) in [5, 5.41) is 4.66. The number of hydrogen-bond acceptors (Lipinski definition) is 6.